The smallest absolute Gasteiger partial charge is 0.254 e. The van der Waals surface area contributed by atoms with Crippen LogP contribution in [0.2, 0.25) is 0 Å². The number of hydrogen-bond acceptors (Lipinski definition) is 15. The summed E-state index contributed by atoms with van der Waals surface area (Å²) in [4.78, 5) is 65.3. The number of hydrogen-bond donors (Lipinski definition) is 6. The molecule has 0 radical (unpaired) electrons. The summed E-state index contributed by atoms with van der Waals surface area (Å²) in [5, 5.41) is 24.4. The molecule has 75 heavy (non-hydrogen) atoms. The van der Waals surface area contributed by atoms with Crippen LogP contribution in [0.4, 0.5) is 17.6 Å². The minimum atomic E-state index is -3.86. The maximum atomic E-state index is 14.8. The van der Waals surface area contributed by atoms with Crippen LogP contribution in [-0.2, 0) is 25.8 Å². The van der Waals surface area contributed by atoms with E-state index in [2.05, 4.69) is 80.7 Å². The van der Waals surface area contributed by atoms with Gasteiger partial charge in [-0.25, -0.2) is 28.4 Å². The number of likely N-dealkylation sites (N-methyl/N-ethyl adjacent to an activating group) is 1. The number of rotatable bonds is 17. The second kappa shape index (κ2) is 22.9. The van der Waals surface area contributed by atoms with Gasteiger partial charge in [-0.2, -0.15) is 5.10 Å². The van der Waals surface area contributed by atoms with Crippen LogP contribution in [0.3, 0.4) is 0 Å². The van der Waals surface area contributed by atoms with Crippen LogP contribution in [-0.4, -0.2) is 130 Å². The molecule has 5 atom stereocenters. The van der Waals surface area contributed by atoms with Crippen molar-refractivity contribution in [2.75, 3.05) is 50.1 Å². The Balaban J connectivity index is 0.844. The molecule has 5 aromatic rings. The van der Waals surface area contributed by atoms with Crippen LogP contribution in [0.25, 0.3) is 10.9 Å². The van der Waals surface area contributed by atoms with Gasteiger partial charge in [-0.3, -0.25) is 19.5 Å². The topological polar surface area (TPSA) is 241 Å². The van der Waals surface area contributed by atoms with E-state index in [-0.39, 0.29) is 70.8 Å². The van der Waals surface area contributed by atoms with Gasteiger partial charge in [0.25, 0.3) is 5.91 Å². The number of piperidine rings is 1. The molecule has 0 unspecified atom stereocenters. The Kier molecular flexibility index (Phi) is 16.4. The van der Waals surface area contributed by atoms with Gasteiger partial charge in [0.2, 0.25) is 17.8 Å². The Labute approximate surface area is 440 Å². The number of nitrogens with one attached hydrogen (secondary N) is 6. The summed E-state index contributed by atoms with van der Waals surface area (Å²) < 4.78 is 33.5. The molecule has 6 N–H and O–H groups in total. The molecular formula is C55H75N13O6S. The predicted octanol–water partition coefficient (Wildman–Crippen LogP) is 6.41. The number of likely N-dealkylation sites (tertiary alicyclic amines) is 1. The van der Waals surface area contributed by atoms with Crippen LogP contribution < -0.4 is 36.2 Å². The molecule has 9 rings (SSSR count). The van der Waals surface area contributed by atoms with Crippen LogP contribution >= 0.6 is 0 Å². The second-order valence-electron chi connectivity index (χ2n) is 22.2. The maximum Gasteiger partial charge on any atom is 0.254 e. The minimum Gasteiger partial charge on any atom is -0.492 e. The summed E-state index contributed by atoms with van der Waals surface area (Å²) in [7, 11) is -1.95. The van der Waals surface area contributed by atoms with Crippen LogP contribution in [0.5, 0.6) is 5.75 Å². The largest absolute Gasteiger partial charge is 0.492 e. The number of amides is 3. The van der Waals surface area contributed by atoms with Gasteiger partial charge in [0.1, 0.15) is 28.8 Å². The van der Waals surface area contributed by atoms with E-state index in [1.165, 1.54) is 24.3 Å². The van der Waals surface area contributed by atoms with Gasteiger partial charge in [-0.15, -0.1) is 0 Å². The van der Waals surface area contributed by atoms with Crippen LogP contribution in [0.15, 0.2) is 60.0 Å². The van der Waals surface area contributed by atoms with Crippen molar-refractivity contribution in [2.45, 2.75) is 152 Å². The predicted molar refractivity (Wildman–Crippen MR) is 289 cm³/mol. The summed E-state index contributed by atoms with van der Waals surface area (Å²) in [6.07, 6.45) is 14.2. The first-order valence-corrected chi connectivity index (χ1v) is 28.4. The Bertz CT molecular complexity index is 2950. The summed E-state index contributed by atoms with van der Waals surface area (Å²) in [5.74, 6) is 1.38. The van der Waals surface area contributed by atoms with Gasteiger partial charge in [0.05, 0.1) is 34.5 Å². The van der Waals surface area contributed by atoms with Crippen LogP contribution in [0, 0.1) is 25.7 Å². The molecular weight excluding hydrogens is 971 g/mol. The summed E-state index contributed by atoms with van der Waals surface area (Å²) in [6.45, 7) is 13.3. The highest BCUT2D eigenvalue weighted by Crippen LogP contribution is 2.39. The number of fused-ring (bicyclic) bond motifs is 2. The SMILES string of the molecule is CN[C@@H](C)CN[C@H](C(=O)N1C[C@@H](NC(=O)c2cnc(N3CCC(COc4cc5ncnc(Nc6n[nH]c(C)c6C)c5cc4S(=O)(=O)C(C)(C)C)CC3)nc2)C[C@H]1C(=O)N[C@@H]1CCCc2ccccc21)C1CCCCC1. The number of nitrogens with zero attached hydrogens (tertiary/aromatic N) is 7. The molecule has 19 nitrogen and oxygen atoms in total. The minimum absolute atomic E-state index is 0.0708. The average Bonchev–Trinajstić information content (AvgIpc) is 3.99. The quantitative estimate of drug-likeness (QED) is 0.0590. The van der Waals surface area contributed by atoms with Gasteiger partial charge < -0.3 is 41.1 Å². The maximum absolute atomic E-state index is 14.8. The van der Waals surface area contributed by atoms with Crippen molar-refractivity contribution in [3.05, 3.63) is 83.1 Å². The number of aromatic amines is 1. The lowest BCUT2D eigenvalue weighted by molar-refractivity contribution is -0.141. The molecule has 4 aliphatic rings. The molecule has 0 spiro atoms. The second-order valence-corrected chi connectivity index (χ2v) is 24.8. The summed E-state index contributed by atoms with van der Waals surface area (Å²) in [6, 6.07) is 9.87. The molecule has 2 aliphatic heterocycles. The zero-order chi connectivity index (χ0) is 53.0. The van der Waals surface area contributed by atoms with Crippen molar-refractivity contribution in [2.24, 2.45) is 11.8 Å². The standard InChI is InChI=1S/C55H75N13O6S/c1-33(56-7)27-57-48(38-15-9-8-10-16-38)53(71)68-30-40(24-45(68)52(70)63-43-19-13-17-37-14-11-12-18-41(37)43)62-51(69)39-28-58-54(59-29-39)67-22-20-36(21-23-67)31-74-46-26-44-42(25-47(46)75(72,73)55(4,5)6)50(61-32-60-44)64-49-34(2)35(3)65-66-49/h11-12,14,18,25-26,28-29,32-33,36,38,40,43,45,48,56-57H,8-10,13,15-17,19-24,27,30-31H2,1-7H3,(H,62,69)(H,63,70)(H2,60,61,64,65,66)/t33-,40-,43+,45-,48-/m0/s1. The molecule has 2 aromatic carbocycles. The van der Waals surface area contributed by atoms with Gasteiger partial charge >= 0.3 is 0 Å². The molecule has 402 valence electrons. The Hall–Kier alpha value is -6.25. The lowest BCUT2D eigenvalue weighted by atomic mass is 9.83. The zero-order valence-electron chi connectivity index (χ0n) is 44.5. The average molecular weight is 1050 g/mol. The van der Waals surface area contributed by atoms with Gasteiger partial charge in [0, 0.05) is 73.4 Å². The van der Waals surface area contributed by atoms with Gasteiger partial charge in [0.15, 0.2) is 15.7 Å². The fraction of sp³-hybridized carbons (Fsp3) is 0.564. The Morgan fingerprint density at radius 3 is 2.36 bits per heavy atom. The molecule has 1 saturated carbocycles. The van der Waals surface area contributed by atoms with Crippen molar-refractivity contribution < 1.29 is 27.5 Å². The van der Waals surface area contributed by atoms with Crippen molar-refractivity contribution in [1.82, 2.24) is 56.3 Å². The van der Waals surface area contributed by atoms with Crippen molar-refractivity contribution in [1.29, 1.82) is 0 Å². The first-order valence-electron chi connectivity index (χ1n) is 26.9. The molecule has 2 aliphatic carbocycles. The van der Waals surface area contributed by atoms with Crippen molar-refractivity contribution in [3.8, 4) is 5.75 Å². The van der Waals surface area contributed by atoms with Crippen molar-refractivity contribution in [3.63, 3.8) is 0 Å². The van der Waals surface area contributed by atoms with E-state index < -0.39 is 32.7 Å². The lowest BCUT2D eigenvalue weighted by Gasteiger charge is -2.36. The fourth-order valence-electron chi connectivity index (χ4n) is 11.0. The summed E-state index contributed by atoms with van der Waals surface area (Å²) in [5.41, 5.74) is 5.00. The first-order chi connectivity index (χ1) is 36.0. The molecule has 0 bridgehead atoms. The molecule has 2 saturated heterocycles. The highest BCUT2D eigenvalue weighted by molar-refractivity contribution is 7.92. The number of sulfone groups is 1. The zero-order valence-corrected chi connectivity index (χ0v) is 45.4. The summed E-state index contributed by atoms with van der Waals surface area (Å²) >= 11 is 0. The Morgan fingerprint density at radius 1 is 0.907 bits per heavy atom. The fourth-order valence-corrected chi connectivity index (χ4v) is 12.3. The third kappa shape index (κ3) is 11.9. The van der Waals surface area contributed by atoms with Crippen molar-refractivity contribution >= 4 is 56.0 Å². The molecule has 3 aromatic heterocycles. The third-order valence-electron chi connectivity index (χ3n) is 16.0. The number of aromatic nitrogens is 6. The van der Waals surface area contributed by atoms with E-state index in [1.54, 1.807) is 37.8 Å². The van der Waals surface area contributed by atoms with E-state index in [9.17, 15) is 22.8 Å². The van der Waals surface area contributed by atoms with Crippen LogP contribution in [0.1, 0.15) is 131 Å². The first kappa shape index (κ1) is 53.6. The molecule has 3 fully saturated rings. The molecule has 5 heterocycles. The lowest BCUT2D eigenvalue weighted by Crippen LogP contribution is -2.56. The number of H-pyrrole nitrogens is 1. The number of aryl methyl sites for hydroxylation is 2. The van der Waals surface area contributed by atoms with E-state index in [1.807, 2.05) is 33.0 Å². The van der Waals surface area contributed by atoms with E-state index in [0.717, 1.165) is 81.0 Å². The third-order valence-corrected chi connectivity index (χ3v) is 18.5. The molecule has 20 heteroatoms. The number of carbonyl (C=O) groups is 3. The number of benzene rings is 2. The van der Waals surface area contributed by atoms with Gasteiger partial charge in [-0.1, -0.05) is 43.5 Å². The van der Waals surface area contributed by atoms with E-state index in [4.69, 9.17) is 4.74 Å². The Morgan fingerprint density at radius 2 is 1.65 bits per heavy atom. The normalized spacial score (nSPS) is 20.6. The number of ether oxygens (including phenoxy) is 1. The number of anilines is 3. The number of carbonyl (C=O) groups excluding carboxylic acids is 3. The van der Waals surface area contributed by atoms with E-state index in [0.29, 0.717) is 54.7 Å². The van der Waals surface area contributed by atoms with Gasteiger partial charge in [-0.05, 0) is 129 Å². The highest BCUT2D eigenvalue weighted by atomic mass is 32.2. The highest BCUT2D eigenvalue weighted by Gasteiger charge is 2.45. The van der Waals surface area contributed by atoms with E-state index >= 15 is 0 Å². The monoisotopic (exact) mass is 1050 g/mol. The molecule has 3 amide bonds.